The van der Waals surface area contributed by atoms with Crippen LogP contribution in [0.25, 0.3) is 0 Å². The number of hydrogen-bond donors (Lipinski definition) is 4. The van der Waals surface area contributed by atoms with Crippen LogP contribution in [0.3, 0.4) is 0 Å². The summed E-state index contributed by atoms with van der Waals surface area (Å²) in [6.45, 7) is 5.73. The van der Waals surface area contributed by atoms with Crippen LogP contribution in [0.1, 0.15) is 40.0 Å². The molecule has 0 bridgehead atoms. The molecule has 1 saturated heterocycles. The Morgan fingerprint density at radius 1 is 1.00 bits per heavy atom. The number of rotatable bonds is 10. The molecule has 0 aromatic heterocycles. The Balaban J connectivity index is 1.68. The average molecular weight is 603 g/mol. The van der Waals surface area contributed by atoms with E-state index in [-0.39, 0.29) is 11.1 Å². The van der Waals surface area contributed by atoms with Crippen LogP contribution in [0.15, 0.2) is 60.7 Å². The van der Waals surface area contributed by atoms with Crippen molar-refractivity contribution < 1.29 is 38.4 Å². The second-order valence-corrected chi connectivity index (χ2v) is 16.4. The predicted molar refractivity (Wildman–Crippen MR) is 161 cm³/mol. The van der Waals surface area contributed by atoms with E-state index in [9.17, 15) is 15.0 Å². The lowest BCUT2D eigenvalue weighted by atomic mass is 9.90. The van der Waals surface area contributed by atoms with Gasteiger partial charge in [0.05, 0.1) is 32.0 Å². The zero-order valence-corrected chi connectivity index (χ0v) is 25.9. The maximum Gasteiger partial charge on any atom is 0.331 e. The van der Waals surface area contributed by atoms with E-state index in [0.717, 1.165) is 23.2 Å². The lowest BCUT2D eigenvalue weighted by molar-refractivity contribution is -0.292. The number of hydrogen-bond acceptors (Lipinski definition) is 10. The summed E-state index contributed by atoms with van der Waals surface area (Å²) in [7, 11) is -1.72. The molecular weight excluding hydrogens is 556 g/mol. The lowest BCUT2D eigenvalue weighted by Gasteiger charge is -2.50. The number of carbonyl (C=O) groups is 1. The van der Waals surface area contributed by atoms with Crippen molar-refractivity contribution in [1.29, 1.82) is 0 Å². The number of benzene rings is 2. The molecule has 1 aliphatic carbocycles. The molecule has 4 rings (SSSR count). The number of aliphatic hydroxyl groups is 2. The minimum atomic E-state index is -2.97. The van der Waals surface area contributed by atoms with Gasteiger partial charge in [-0.05, 0) is 34.7 Å². The molecule has 1 heterocycles. The van der Waals surface area contributed by atoms with E-state index in [1.54, 1.807) is 0 Å². The number of aliphatic hydroxyl groups excluding tert-OH is 2. The summed E-state index contributed by atoms with van der Waals surface area (Å²) in [5, 5.41) is 22.7. The van der Waals surface area contributed by atoms with Crippen LogP contribution >= 0.6 is 0 Å². The summed E-state index contributed by atoms with van der Waals surface area (Å²) in [6, 6.07) is 19.4. The molecule has 8 atom stereocenters. The van der Waals surface area contributed by atoms with Gasteiger partial charge in [-0.15, -0.1) is 0 Å². The molecule has 2 aromatic rings. The van der Waals surface area contributed by atoms with Crippen molar-refractivity contribution >= 4 is 24.7 Å². The van der Waals surface area contributed by atoms with Crippen LogP contribution in [0, 0.1) is 0 Å². The molecule has 11 heteroatoms. The van der Waals surface area contributed by atoms with Gasteiger partial charge in [0, 0.05) is 6.04 Å². The van der Waals surface area contributed by atoms with Crippen molar-refractivity contribution in [2.75, 3.05) is 20.3 Å². The fourth-order valence-electron chi connectivity index (χ4n) is 6.18. The molecule has 0 amide bonds. The van der Waals surface area contributed by atoms with Gasteiger partial charge in [0.1, 0.15) is 24.9 Å². The van der Waals surface area contributed by atoms with Gasteiger partial charge >= 0.3 is 5.97 Å². The van der Waals surface area contributed by atoms with Gasteiger partial charge in [-0.1, -0.05) is 81.4 Å². The van der Waals surface area contributed by atoms with E-state index < -0.39 is 70.4 Å². The van der Waals surface area contributed by atoms with E-state index in [4.69, 9.17) is 30.1 Å². The number of ether oxygens (including phenoxy) is 4. The quantitative estimate of drug-likeness (QED) is 0.227. The van der Waals surface area contributed by atoms with E-state index in [1.807, 2.05) is 36.4 Å². The van der Waals surface area contributed by atoms with E-state index in [1.165, 1.54) is 7.11 Å². The molecule has 2 aromatic carbocycles. The monoisotopic (exact) mass is 602 g/mol. The molecule has 1 aliphatic heterocycles. The smallest absolute Gasteiger partial charge is 0.331 e. The van der Waals surface area contributed by atoms with Gasteiger partial charge in [0.2, 0.25) is 0 Å². The first-order valence-corrected chi connectivity index (χ1v) is 16.5. The van der Waals surface area contributed by atoms with Crippen molar-refractivity contribution in [2.45, 2.75) is 94.0 Å². The second kappa shape index (κ2) is 14.1. The third-order valence-corrected chi connectivity index (χ3v) is 13.4. The number of esters is 1. The molecule has 3 unspecified atom stereocenters. The molecule has 232 valence electrons. The van der Waals surface area contributed by atoms with Gasteiger partial charge in [0.15, 0.2) is 6.29 Å². The zero-order chi connectivity index (χ0) is 30.5. The minimum absolute atomic E-state index is 0.270. The molecule has 1 saturated carbocycles. The van der Waals surface area contributed by atoms with Crippen molar-refractivity contribution in [3.8, 4) is 0 Å². The average Bonchev–Trinajstić information content (AvgIpc) is 2.98. The summed E-state index contributed by atoms with van der Waals surface area (Å²) in [5.74, 6) is -0.615. The van der Waals surface area contributed by atoms with Crippen molar-refractivity contribution in [3.63, 3.8) is 0 Å². The highest BCUT2D eigenvalue weighted by molar-refractivity contribution is 6.99. The molecule has 2 fully saturated rings. The molecule has 2 aliphatic rings. The van der Waals surface area contributed by atoms with E-state index in [2.05, 4.69) is 49.8 Å². The zero-order valence-electron chi connectivity index (χ0n) is 24.9. The summed E-state index contributed by atoms with van der Waals surface area (Å²) < 4.78 is 30.2. The van der Waals surface area contributed by atoms with E-state index in [0.29, 0.717) is 6.42 Å². The molecule has 10 nitrogen and oxygen atoms in total. The minimum Gasteiger partial charge on any atom is -0.467 e. The summed E-state index contributed by atoms with van der Waals surface area (Å²) in [5.41, 5.74) is 13.3. The fraction of sp³-hybridized carbons (Fsp3) is 0.581. The molecule has 0 radical (unpaired) electrons. The first-order valence-electron chi connectivity index (χ1n) is 14.6. The molecule has 42 heavy (non-hydrogen) atoms. The SMILES string of the molecule is COC(=O)CO[C@@H]1C(N)C(O[C@H]2CCC[C@@H](N)[C@@H]2O[Si](c2ccccc2)(c2ccccc2)C(C)(C)C)OC(CO)[C@H]1O. The number of nitrogens with two attached hydrogens (primary N) is 2. The van der Waals surface area contributed by atoms with Crippen molar-refractivity contribution in [1.82, 2.24) is 0 Å². The van der Waals surface area contributed by atoms with Crippen molar-refractivity contribution in [2.24, 2.45) is 11.5 Å². The first-order chi connectivity index (χ1) is 20.0. The Morgan fingerprint density at radius 2 is 1.60 bits per heavy atom. The first kappa shape index (κ1) is 32.7. The highest BCUT2D eigenvalue weighted by atomic mass is 28.4. The van der Waals surface area contributed by atoms with Gasteiger partial charge in [-0.25, -0.2) is 4.79 Å². The van der Waals surface area contributed by atoms with Crippen LogP contribution in [0.5, 0.6) is 0 Å². The predicted octanol–water partition coefficient (Wildman–Crippen LogP) is 0.792. The Morgan fingerprint density at radius 3 is 2.12 bits per heavy atom. The summed E-state index contributed by atoms with van der Waals surface area (Å²) in [4.78, 5) is 11.7. The van der Waals surface area contributed by atoms with E-state index >= 15 is 0 Å². The van der Waals surface area contributed by atoms with Gasteiger partial charge in [0.25, 0.3) is 8.32 Å². The number of carbonyl (C=O) groups excluding carboxylic acids is 1. The summed E-state index contributed by atoms with van der Waals surface area (Å²) in [6.07, 6.45) is -3.10. The van der Waals surface area contributed by atoms with Crippen LogP contribution in [-0.4, -0.2) is 93.7 Å². The Hall–Kier alpha value is -2.19. The fourth-order valence-corrected chi connectivity index (χ4v) is 10.9. The molecule has 0 spiro atoms. The van der Waals surface area contributed by atoms with Gasteiger partial charge < -0.3 is 45.1 Å². The Kier molecular flexibility index (Phi) is 11.0. The molecule has 6 N–H and O–H groups in total. The highest BCUT2D eigenvalue weighted by Crippen LogP contribution is 2.40. The van der Waals surface area contributed by atoms with Crippen LogP contribution in [0.2, 0.25) is 5.04 Å². The van der Waals surface area contributed by atoms with Crippen LogP contribution < -0.4 is 21.8 Å². The van der Waals surface area contributed by atoms with Crippen LogP contribution in [-0.2, 0) is 28.2 Å². The maximum atomic E-state index is 11.7. The largest absolute Gasteiger partial charge is 0.467 e. The van der Waals surface area contributed by atoms with Gasteiger partial charge in [-0.3, -0.25) is 0 Å². The third-order valence-electron chi connectivity index (χ3n) is 8.37. The lowest BCUT2D eigenvalue weighted by Crippen LogP contribution is -2.71. The van der Waals surface area contributed by atoms with Crippen LogP contribution in [0.4, 0.5) is 0 Å². The maximum absolute atomic E-state index is 11.7. The normalized spacial score (nSPS) is 30.6. The second-order valence-electron chi connectivity index (χ2n) is 12.2. The Bertz CT molecular complexity index is 1100. The highest BCUT2D eigenvalue weighted by Gasteiger charge is 2.54. The topological polar surface area (TPSA) is 156 Å². The van der Waals surface area contributed by atoms with Gasteiger partial charge in [-0.2, -0.15) is 0 Å². The van der Waals surface area contributed by atoms with Crippen molar-refractivity contribution in [3.05, 3.63) is 60.7 Å². The molecular formula is C31H46N2O8Si. The number of methoxy groups -OCH3 is 1. The Labute approximate surface area is 249 Å². The summed E-state index contributed by atoms with van der Waals surface area (Å²) >= 11 is 0. The third kappa shape index (κ3) is 6.80. The standard InChI is InChI=1S/C31H46N2O8Si/c1-31(2,3)42(20-12-7-5-8-13-20,21-14-9-6-10-15-21)41-28-22(32)16-11-17-23(28)39-30-26(33)29(38-19-25(35)37-4)27(36)24(18-34)40-30/h5-10,12-15,22-24,26-30,34,36H,11,16-19,32-33H2,1-4H3/t22-,23+,24?,26?,27-,28+,29-,30?/m1/s1.